The van der Waals surface area contributed by atoms with Crippen LogP contribution in [0.4, 0.5) is 0 Å². The van der Waals surface area contributed by atoms with Crippen LogP contribution in [0.25, 0.3) is 24.3 Å². The number of hydrogen-bond acceptors (Lipinski definition) is 0. The van der Waals surface area contributed by atoms with Gasteiger partial charge in [0.25, 0.3) is 0 Å². The van der Waals surface area contributed by atoms with E-state index in [2.05, 4.69) is 184 Å². The second-order valence-electron chi connectivity index (χ2n) is 13.8. The zero-order chi connectivity index (χ0) is 30.8. The van der Waals surface area contributed by atoms with E-state index in [0.717, 1.165) is 0 Å². The van der Waals surface area contributed by atoms with Crippen LogP contribution in [0.3, 0.4) is 0 Å². The minimum absolute atomic E-state index is 1.20. The van der Waals surface area contributed by atoms with Crippen LogP contribution in [-0.4, -0.2) is 16.1 Å². The lowest BCUT2D eigenvalue weighted by Crippen LogP contribution is -2.36. The minimum atomic E-state index is -1.50. The highest BCUT2D eigenvalue weighted by atomic mass is 28.3. The van der Waals surface area contributed by atoms with E-state index < -0.39 is 16.1 Å². The summed E-state index contributed by atoms with van der Waals surface area (Å²) >= 11 is 0. The van der Waals surface area contributed by atoms with Crippen molar-refractivity contribution >= 4 is 40.5 Å². The molecule has 5 aromatic carbocycles. The molecule has 222 valence electrons. The lowest BCUT2D eigenvalue weighted by molar-refractivity contribution is 1.14. The van der Waals surface area contributed by atoms with E-state index >= 15 is 0 Å². The van der Waals surface area contributed by atoms with Gasteiger partial charge >= 0.3 is 0 Å². The molecule has 0 saturated heterocycles. The monoisotopic (exact) mass is 606 g/mol. The fourth-order valence-electron chi connectivity index (χ4n) is 6.17. The molecule has 0 spiro atoms. The standard InChI is InChI=1S/C42H46Si2/c1-43(2,31-39-27-23-37(24-28-39)21-19-35-13-7-5-8-14-35)33-41-17-11-12-18-42(41)34-44(3,4)32-40-29-25-38(26-30-40)22-20-36-15-9-6-10-16-36/h5-30H,31-34H2,1-4H3/b21-19+,22-20+. The molecule has 0 bridgehead atoms. The second-order valence-corrected chi connectivity index (χ2v) is 23.8. The topological polar surface area (TPSA) is 0 Å². The predicted molar refractivity (Wildman–Crippen MR) is 200 cm³/mol. The summed E-state index contributed by atoms with van der Waals surface area (Å²) in [5, 5.41) is 0. The molecule has 0 aliphatic heterocycles. The first-order chi connectivity index (χ1) is 21.2. The van der Waals surface area contributed by atoms with Gasteiger partial charge in [-0.2, -0.15) is 0 Å². The molecule has 2 heteroatoms. The number of hydrogen-bond donors (Lipinski definition) is 0. The highest BCUT2D eigenvalue weighted by molar-refractivity contribution is 6.77. The summed E-state index contributed by atoms with van der Waals surface area (Å²) in [6.07, 6.45) is 8.80. The average molecular weight is 607 g/mol. The van der Waals surface area contributed by atoms with E-state index in [0.29, 0.717) is 0 Å². The molecule has 44 heavy (non-hydrogen) atoms. The Balaban J connectivity index is 1.19. The van der Waals surface area contributed by atoms with Crippen LogP contribution in [0.15, 0.2) is 133 Å². The zero-order valence-corrected chi connectivity index (χ0v) is 28.8. The van der Waals surface area contributed by atoms with Crippen LogP contribution in [0.2, 0.25) is 26.2 Å². The van der Waals surface area contributed by atoms with Gasteiger partial charge in [-0.3, -0.25) is 0 Å². The largest absolute Gasteiger partial charge is 0.0689 e. The maximum atomic E-state index is 2.56. The van der Waals surface area contributed by atoms with E-state index in [1.807, 2.05) is 0 Å². The van der Waals surface area contributed by atoms with Crippen LogP contribution in [-0.2, 0) is 24.2 Å². The molecule has 0 radical (unpaired) electrons. The summed E-state index contributed by atoms with van der Waals surface area (Å²) in [5.41, 5.74) is 11.1. The number of rotatable bonds is 12. The van der Waals surface area contributed by atoms with E-state index in [4.69, 9.17) is 0 Å². The third-order valence-corrected chi connectivity index (χ3v) is 13.7. The summed E-state index contributed by atoms with van der Waals surface area (Å²) in [6, 6.07) is 53.6. The van der Waals surface area contributed by atoms with Gasteiger partial charge in [0.1, 0.15) is 0 Å². The molecule has 0 atom stereocenters. The predicted octanol–water partition coefficient (Wildman–Crippen LogP) is 11.2. The van der Waals surface area contributed by atoms with Gasteiger partial charge in [0.15, 0.2) is 0 Å². The molecule has 0 N–H and O–H groups in total. The van der Waals surface area contributed by atoms with Gasteiger partial charge in [0.2, 0.25) is 0 Å². The van der Waals surface area contributed by atoms with Gasteiger partial charge in [-0.05, 0) is 57.6 Å². The average Bonchev–Trinajstić information content (AvgIpc) is 3.02. The number of benzene rings is 5. The lowest BCUT2D eigenvalue weighted by Gasteiger charge is -2.27. The maximum absolute atomic E-state index is 2.56. The summed E-state index contributed by atoms with van der Waals surface area (Å²) in [7, 11) is -3.00. The maximum Gasteiger partial charge on any atom is 0.0561 e. The van der Waals surface area contributed by atoms with Gasteiger partial charge in [0.05, 0.1) is 16.1 Å². The molecule has 0 amide bonds. The van der Waals surface area contributed by atoms with Gasteiger partial charge in [-0.15, -0.1) is 0 Å². The molecule has 0 unspecified atom stereocenters. The van der Waals surface area contributed by atoms with Crippen molar-refractivity contribution in [2.75, 3.05) is 0 Å². The molecular weight excluding hydrogens is 561 g/mol. The third-order valence-electron chi connectivity index (χ3n) is 8.32. The molecule has 0 aromatic heterocycles. The van der Waals surface area contributed by atoms with Crippen molar-refractivity contribution in [3.05, 3.63) is 178 Å². The lowest BCUT2D eigenvalue weighted by atomic mass is 10.1. The molecule has 0 saturated carbocycles. The molecule has 0 fully saturated rings. The smallest absolute Gasteiger partial charge is 0.0561 e. The molecule has 0 aliphatic carbocycles. The van der Waals surface area contributed by atoms with Crippen molar-refractivity contribution in [3.63, 3.8) is 0 Å². The van der Waals surface area contributed by atoms with Gasteiger partial charge < -0.3 is 0 Å². The van der Waals surface area contributed by atoms with Crippen LogP contribution < -0.4 is 0 Å². The second kappa shape index (κ2) is 14.7. The van der Waals surface area contributed by atoms with E-state index in [1.165, 1.54) is 57.6 Å². The Kier molecular flexibility index (Phi) is 10.5. The van der Waals surface area contributed by atoms with Gasteiger partial charge in [-0.1, -0.05) is 195 Å². The minimum Gasteiger partial charge on any atom is -0.0689 e. The van der Waals surface area contributed by atoms with Gasteiger partial charge in [-0.25, -0.2) is 0 Å². The molecule has 5 rings (SSSR count). The van der Waals surface area contributed by atoms with Crippen molar-refractivity contribution in [2.45, 2.75) is 50.4 Å². The normalized spacial score (nSPS) is 12.3. The zero-order valence-electron chi connectivity index (χ0n) is 26.8. The Morgan fingerprint density at radius 2 is 0.636 bits per heavy atom. The van der Waals surface area contributed by atoms with E-state index in [-0.39, 0.29) is 0 Å². The quantitative estimate of drug-likeness (QED) is 0.0979. The van der Waals surface area contributed by atoms with Crippen molar-refractivity contribution in [1.29, 1.82) is 0 Å². The van der Waals surface area contributed by atoms with Crippen LogP contribution in [0.5, 0.6) is 0 Å². The fourth-order valence-corrected chi connectivity index (χ4v) is 11.9. The summed E-state index contributed by atoms with van der Waals surface area (Å²) in [4.78, 5) is 0. The fraction of sp³-hybridized carbons (Fsp3) is 0.190. The first kappa shape index (κ1) is 31.4. The highest BCUT2D eigenvalue weighted by Gasteiger charge is 2.26. The first-order valence-corrected chi connectivity index (χ1v) is 22.8. The van der Waals surface area contributed by atoms with Crippen molar-refractivity contribution in [1.82, 2.24) is 0 Å². The van der Waals surface area contributed by atoms with E-state index in [9.17, 15) is 0 Å². The Hall–Kier alpha value is -3.99. The Labute approximate surface area is 267 Å². The molecular formula is C42H46Si2. The summed E-state index contributed by atoms with van der Waals surface area (Å²) < 4.78 is 0. The third kappa shape index (κ3) is 9.77. The summed E-state index contributed by atoms with van der Waals surface area (Å²) in [6.45, 7) is 10.2. The Morgan fingerprint density at radius 3 is 0.977 bits per heavy atom. The van der Waals surface area contributed by atoms with Crippen molar-refractivity contribution in [2.24, 2.45) is 0 Å². The van der Waals surface area contributed by atoms with Crippen molar-refractivity contribution in [3.8, 4) is 0 Å². The Bertz CT molecular complexity index is 1530. The van der Waals surface area contributed by atoms with Crippen LogP contribution in [0, 0.1) is 0 Å². The first-order valence-electron chi connectivity index (χ1n) is 15.9. The van der Waals surface area contributed by atoms with Crippen LogP contribution in [0.1, 0.15) is 44.5 Å². The molecule has 5 aromatic rings. The van der Waals surface area contributed by atoms with Crippen LogP contribution >= 0.6 is 0 Å². The van der Waals surface area contributed by atoms with Gasteiger partial charge in [0, 0.05) is 0 Å². The van der Waals surface area contributed by atoms with E-state index in [1.54, 1.807) is 11.1 Å². The Morgan fingerprint density at radius 1 is 0.341 bits per heavy atom. The van der Waals surface area contributed by atoms with Crippen molar-refractivity contribution < 1.29 is 0 Å². The summed E-state index contributed by atoms with van der Waals surface area (Å²) in [5.74, 6) is 0. The molecule has 0 aliphatic rings. The molecule has 0 nitrogen and oxygen atoms in total. The SMILES string of the molecule is C[Si](C)(Cc1ccc(/C=C/c2ccccc2)cc1)Cc1ccccc1C[Si](C)(C)Cc1ccc(/C=C/c2ccccc2)cc1. The molecule has 0 heterocycles. The highest BCUT2D eigenvalue weighted by Crippen LogP contribution is 2.25.